The SMILES string of the molecule is N=C(N)NCCCNC(=O)C1CCC(n2cc3c(nc2=O)Nc2cc(C4CCNCC4)ccc2O3)CC1. The topological polar surface area (TPSA) is 159 Å². The lowest BCUT2D eigenvalue weighted by molar-refractivity contribution is -0.126. The van der Waals surface area contributed by atoms with Crippen LogP contribution in [0.5, 0.6) is 11.5 Å². The average Bonchev–Trinajstić information content (AvgIpc) is 2.91. The first-order valence-electron chi connectivity index (χ1n) is 13.3. The van der Waals surface area contributed by atoms with Gasteiger partial charge in [-0.05, 0) is 81.6 Å². The summed E-state index contributed by atoms with van der Waals surface area (Å²) < 4.78 is 7.82. The van der Waals surface area contributed by atoms with Crippen LogP contribution in [0, 0.1) is 11.3 Å². The van der Waals surface area contributed by atoms with E-state index in [9.17, 15) is 9.59 Å². The second-order valence-corrected chi connectivity index (χ2v) is 10.1. The van der Waals surface area contributed by atoms with Gasteiger partial charge in [0.25, 0.3) is 0 Å². The smallest absolute Gasteiger partial charge is 0.350 e. The number of guanidine groups is 1. The molecule has 0 spiro atoms. The maximum absolute atomic E-state index is 12.9. The number of hydrogen-bond donors (Lipinski definition) is 6. The summed E-state index contributed by atoms with van der Waals surface area (Å²) in [5.41, 5.74) is 7.07. The maximum Gasteiger partial charge on any atom is 0.350 e. The molecular formula is C26H36N8O3. The van der Waals surface area contributed by atoms with E-state index >= 15 is 0 Å². The number of piperidine rings is 1. The highest BCUT2D eigenvalue weighted by atomic mass is 16.5. The lowest BCUT2D eigenvalue weighted by atomic mass is 9.85. The summed E-state index contributed by atoms with van der Waals surface area (Å²) in [5.74, 6) is 2.17. The van der Waals surface area contributed by atoms with Gasteiger partial charge in [-0.3, -0.25) is 14.8 Å². The number of rotatable bonds is 7. The zero-order valence-corrected chi connectivity index (χ0v) is 21.0. The van der Waals surface area contributed by atoms with E-state index in [4.69, 9.17) is 15.9 Å². The van der Waals surface area contributed by atoms with Crippen molar-refractivity contribution in [2.45, 2.75) is 56.9 Å². The summed E-state index contributed by atoms with van der Waals surface area (Å²) in [6.07, 6.45) is 7.58. The van der Waals surface area contributed by atoms with Gasteiger partial charge >= 0.3 is 5.69 Å². The van der Waals surface area contributed by atoms with E-state index in [2.05, 4.69) is 38.4 Å². The molecule has 5 rings (SSSR count). The van der Waals surface area contributed by atoms with Gasteiger partial charge in [-0.2, -0.15) is 4.98 Å². The van der Waals surface area contributed by atoms with Gasteiger partial charge in [0.1, 0.15) is 0 Å². The number of ether oxygens (including phenoxy) is 1. The van der Waals surface area contributed by atoms with Crippen molar-refractivity contribution >= 4 is 23.4 Å². The van der Waals surface area contributed by atoms with E-state index in [1.54, 1.807) is 10.8 Å². The van der Waals surface area contributed by atoms with Crippen molar-refractivity contribution in [2.75, 3.05) is 31.5 Å². The molecular weight excluding hydrogens is 472 g/mol. The summed E-state index contributed by atoms with van der Waals surface area (Å²) in [6.45, 7) is 3.15. The number of nitrogens with zero attached hydrogens (tertiary/aromatic N) is 2. The lowest BCUT2D eigenvalue weighted by Gasteiger charge is -2.30. The number of hydrogen-bond acceptors (Lipinski definition) is 7. The second-order valence-electron chi connectivity index (χ2n) is 10.1. The third-order valence-corrected chi connectivity index (χ3v) is 7.63. The molecule has 37 heavy (non-hydrogen) atoms. The van der Waals surface area contributed by atoms with Crippen LogP contribution in [0.15, 0.2) is 29.2 Å². The standard InChI is InChI=1S/C26H36N8O3/c27-25(28)31-11-1-10-30-24(35)17-2-5-19(6-3-17)34-15-22-23(33-26(34)36)32-20-14-18(4-7-21(20)37-22)16-8-12-29-13-9-16/h4,7,14-17,19,29H,1-3,5-6,8-13H2,(H,30,35)(H4,27,28,31)(H,32,33,36). The third-order valence-electron chi connectivity index (χ3n) is 7.63. The fourth-order valence-corrected chi connectivity index (χ4v) is 5.55. The highest BCUT2D eigenvalue weighted by molar-refractivity contribution is 5.78. The van der Waals surface area contributed by atoms with E-state index in [1.165, 1.54) is 5.56 Å². The van der Waals surface area contributed by atoms with E-state index in [0.29, 0.717) is 49.8 Å². The highest BCUT2D eigenvalue weighted by Gasteiger charge is 2.29. The molecule has 1 amide bonds. The van der Waals surface area contributed by atoms with Gasteiger partial charge in [0.05, 0.1) is 11.9 Å². The van der Waals surface area contributed by atoms with E-state index in [1.807, 2.05) is 6.07 Å². The van der Waals surface area contributed by atoms with Crippen molar-refractivity contribution < 1.29 is 9.53 Å². The molecule has 198 valence electrons. The zero-order valence-electron chi connectivity index (χ0n) is 21.0. The number of fused-ring (bicyclic) bond motifs is 2. The molecule has 0 radical (unpaired) electrons. The Bertz CT molecular complexity index is 1200. The number of aromatic nitrogens is 2. The molecule has 2 aliphatic heterocycles. The highest BCUT2D eigenvalue weighted by Crippen LogP contribution is 2.43. The quantitative estimate of drug-likeness (QED) is 0.161. The largest absolute Gasteiger partial charge is 0.450 e. The molecule has 3 heterocycles. The number of nitrogens with one attached hydrogen (secondary N) is 5. The molecule has 1 aliphatic carbocycles. The first-order chi connectivity index (χ1) is 18.0. The molecule has 7 N–H and O–H groups in total. The zero-order chi connectivity index (χ0) is 25.8. The van der Waals surface area contributed by atoms with Gasteiger partial charge in [0.15, 0.2) is 23.3 Å². The van der Waals surface area contributed by atoms with Crippen LogP contribution < -0.4 is 37.4 Å². The number of nitrogens with two attached hydrogens (primary N) is 1. The van der Waals surface area contributed by atoms with Crippen molar-refractivity contribution in [3.05, 3.63) is 40.4 Å². The van der Waals surface area contributed by atoms with Crippen LogP contribution in [0.25, 0.3) is 0 Å². The third kappa shape index (κ3) is 5.87. The van der Waals surface area contributed by atoms with Crippen LogP contribution in [0.3, 0.4) is 0 Å². The van der Waals surface area contributed by atoms with Gasteiger partial charge < -0.3 is 31.7 Å². The summed E-state index contributed by atoms with van der Waals surface area (Å²) in [6, 6.07) is 6.24. The normalized spacial score (nSPS) is 21.1. The Morgan fingerprint density at radius 3 is 2.62 bits per heavy atom. The lowest BCUT2D eigenvalue weighted by Crippen LogP contribution is -2.37. The number of carbonyl (C=O) groups is 1. The Balaban J connectivity index is 1.18. The van der Waals surface area contributed by atoms with Crippen LogP contribution in [-0.2, 0) is 4.79 Å². The van der Waals surface area contributed by atoms with Crippen LogP contribution in [0.2, 0.25) is 0 Å². The molecule has 0 atom stereocenters. The monoisotopic (exact) mass is 508 g/mol. The average molecular weight is 509 g/mol. The predicted octanol–water partition coefficient (Wildman–Crippen LogP) is 2.28. The predicted molar refractivity (Wildman–Crippen MR) is 142 cm³/mol. The molecule has 0 unspecified atom stereocenters. The number of benzene rings is 1. The van der Waals surface area contributed by atoms with Crippen molar-refractivity contribution in [3.8, 4) is 11.5 Å². The molecule has 1 aromatic carbocycles. The Hall–Kier alpha value is -3.60. The Morgan fingerprint density at radius 1 is 1.11 bits per heavy atom. The molecule has 0 bridgehead atoms. The van der Waals surface area contributed by atoms with Gasteiger partial charge in [-0.25, -0.2) is 4.79 Å². The summed E-state index contributed by atoms with van der Waals surface area (Å²) >= 11 is 0. The first kappa shape index (κ1) is 25.1. The van der Waals surface area contributed by atoms with Gasteiger partial charge in [-0.15, -0.1) is 0 Å². The fourth-order valence-electron chi connectivity index (χ4n) is 5.55. The van der Waals surface area contributed by atoms with Crippen molar-refractivity contribution in [1.82, 2.24) is 25.5 Å². The molecule has 1 saturated heterocycles. The molecule has 3 aliphatic rings. The van der Waals surface area contributed by atoms with Gasteiger partial charge in [-0.1, -0.05) is 6.07 Å². The molecule has 1 aromatic heterocycles. The van der Waals surface area contributed by atoms with Crippen LogP contribution >= 0.6 is 0 Å². The minimum absolute atomic E-state index is 0.0126. The number of amides is 1. The minimum atomic E-state index is -0.307. The van der Waals surface area contributed by atoms with Crippen molar-refractivity contribution in [3.63, 3.8) is 0 Å². The van der Waals surface area contributed by atoms with Crippen LogP contribution in [0.4, 0.5) is 11.5 Å². The van der Waals surface area contributed by atoms with Crippen LogP contribution in [-0.4, -0.2) is 47.6 Å². The number of carbonyl (C=O) groups excluding carboxylic acids is 1. The second kappa shape index (κ2) is 11.2. The van der Waals surface area contributed by atoms with Gasteiger partial charge in [0.2, 0.25) is 5.91 Å². The summed E-state index contributed by atoms with van der Waals surface area (Å²) in [5, 5.41) is 19.5. The van der Waals surface area contributed by atoms with E-state index in [0.717, 1.165) is 50.2 Å². The molecule has 2 fully saturated rings. The van der Waals surface area contributed by atoms with E-state index in [-0.39, 0.29) is 29.5 Å². The van der Waals surface area contributed by atoms with E-state index < -0.39 is 0 Å². The van der Waals surface area contributed by atoms with Gasteiger partial charge in [0, 0.05) is 25.0 Å². The van der Waals surface area contributed by atoms with Crippen LogP contribution in [0.1, 0.15) is 62.5 Å². The van der Waals surface area contributed by atoms with Crippen molar-refractivity contribution in [1.29, 1.82) is 5.41 Å². The first-order valence-corrected chi connectivity index (χ1v) is 13.3. The molecule has 2 aromatic rings. The molecule has 1 saturated carbocycles. The molecule has 11 heteroatoms. The van der Waals surface area contributed by atoms with Crippen molar-refractivity contribution in [2.24, 2.45) is 11.7 Å². The Morgan fingerprint density at radius 2 is 1.86 bits per heavy atom. The fraction of sp³-hybridized carbons (Fsp3) is 0.538. The molecule has 11 nitrogen and oxygen atoms in total. The minimum Gasteiger partial charge on any atom is -0.450 e. The number of anilines is 2. The Kier molecular flexibility index (Phi) is 7.59. The maximum atomic E-state index is 12.9. The summed E-state index contributed by atoms with van der Waals surface area (Å²) in [4.78, 5) is 29.8. The Labute approximate surface area is 216 Å². The summed E-state index contributed by atoms with van der Waals surface area (Å²) in [7, 11) is 0.